The molecule has 0 spiro atoms. The summed E-state index contributed by atoms with van der Waals surface area (Å²) >= 11 is 4.62. The van der Waals surface area contributed by atoms with Gasteiger partial charge in [0.25, 0.3) is 0 Å². The average Bonchev–Trinajstić information content (AvgIpc) is 2.30. The highest BCUT2D eigenvalue weighted by Gasteiger charge is 2.33. The Morgan fingerprint density at radius 1 is 1.42 bits per heavy atom. The van der Waals surface area contributed by atoms with E-state index in [1.807, 2.05) is 0 Å². The second kappa shape index (κ2) is 3.87. The van der Waals surface area contributed by atoms with E-state index in [0.29, 0.717) is 11.2 Å². The molecule has 0 bridgehead atoms. The van der Waals surface area contributed by atoms with E-state index < -0.39 is 0 Å². The van der Waals surface area contributed by atoms with E-state index in [4.69, 9.17) is 0 Å². The first kappa shape index (κ1) is 10.2. The summed E-state index contributed by atoms with van der Waals surface area (Å²) in [5, 5.41) is 0.565. The molecule has 0 aromatic heterocycles. The van der Waals surface area contributed by atoms with E-state index in [1.165, 1.54) is 18.4 Å². The topological polar surface area (TPSA) is 0 Å². The molecule has 1 aliphatic rings. The molecule has 0 N–H and O–H groups in total. The molecule has 1 rings (SSSR count). The molecule has 12 heavy (non-hydrogen) atoms. The molecule has 0 radical (unpaired) electrons. The minimum Gasteiger partial charge on any atom is -0.175 e. The standard InChI is InChI=1S/C11H20S/c1-7(2)9-5-10(8(3)4)11(12)6-9/h7,9-12H,3,5-6H2,1-2,4H3. The normalized spacial score (nSPS) is 35.9. The summed E-state index contributed by atoms with van der Waals surface area (Å²) in [5.74, 6) is 2.35. The second-order valence-corrected chi connectivity index (χ2v) is 5.16. The molecule has 3 unspecified atom stereocenters. The van der Waals surface area contributed by atoms with Gasteiger partial charge in [-0.25, -0.2) is 0 Å². The Morgan fingerprint density at radius 3 is 2.25 bits per heavy atom. The lowest BCUT2D eigenvalue weighted by Crippen LogP contribution is -2.06. The molecule has 0 aromatic rings. The van der Waals surface area contributed by atoms with E-state index in [1.54, 1.807) is 0 Å². The Labute approximate surface area is 81.8 Å². The van der Waals surface area contributed by atoms with Gasteiger partial charge in [0.1, 0.15) is 0 Å². The van der Waals surface area contributed by atoms with Crippen molar-refractivity contribution in [2.75, 3.05) is 0 Å². The van der Waals surface area contributed by atoms with Gasteiger partial charge >= 0.3 is 0 Å². The van der Waals surface area contributed by atoms with E-state index in [9.17, 15) is 0 Å². The van der Waals surface area contributed by atoms with Gasteiger partial charge in [-0.3, -0.25) is 0 Å². The van der Waals surface area contributed by atoms with Crippen molar-refractivity contribution in [3.8, 4) is 0 Å². The first-order valence-corrected chi connectivity index (χ1v) is 5.37. The Hall–Kier alpha value is 0.0900. The van der Waals surface area contributed by atoms with Crippen LogP contribution in [0.25, 0.3) is 0 Å². The summed E-state index contributed by atoms with van der Waals surface area (Å²) < 4.78 is 0. The summed E-state index contributed by atoms with van der Waals surface area (Å²) in [7, 11) is 0. The van der Waals surface area contributed by atoms with Crippen molar-refractivity contribution in [2.45, 2.75) is 38.9 Å². The molecule has 0 heterocycles. The van der Waals surface area contributed by atoms with Crippen LogP contribution in [0.5, 0.6) is 0 Å². The van der Waals surface area contributed by atoms with Crippen LogP contribution in [0.15, 0.2) is 12.2 Å². The highest BCUT2D eigenvalue weighted by atomic mass is 32.1. The van der Waals surface area contributed by atoms with Crippen LogP contribution in [0.2, 0.25) is 0 Å². The van der Waals surface area contributed by atoms with Crippen LogP contribution in [0.4, 0.5) is 0 Å². The average molecular weight is 184 g/mol. The predicted molar refractivity (Wildman–Crippen MR) is 58.6 cm³/mol. The summed E-state index contributed by atoms with van der Waals surface area (Å²) in [6.07, 6.45) is 2.58. The third kappa shape index (κ3) is 2.07. The zero-order valence-electron chi connectivity index (χ0n) is 8.38. The van der Waals surface area contributed by atoms with Crippen molar-refractivity contribution in [1.82, 2.24) is 0 Å². The SMILES string of the molecule is C=C(C)C1CC(C(C)C)CC1S. The van der Waals surface area contributed by atoms with E-state index in [2.05, 4.69) is 40.0 Å². The molecule has 0 nitrogen and oxygen atoms in total. The lowest BCUT2D eigenvalue weighted by atomic mass is 9.92. The number of allylic oxidation sites excluding steroid dienone is 1. The summed E-state index contributed by atoms with van der Waals surface area (Å²) in [5.41, 5.74) is 1.32. The zero-order valence-corrected chi connectivity index (χ0v) is 9.27. The van der Waals surface area contributed by atoms with Crippen molar-refractivity contribution < 1.29 is 0 Å². The molecule has 1 fully saturated rings. The third-order valence-corrected chi connectivity index (χ3v) is 3.71. The van der Waals surface area contributed by atoms with Crippen LogP contribution < -0.4 is 0 Å². The molecular weight excluding hydrogens is 164 g/mol. The molecule has 3 atom stereocenters. The van der Waals surface area contributed by atoms with Crippen LogP contribution in [0, 0.1) is 17.8 Å². The van der Waals surface area contributed by atoms with Crippen LogP contribution in [-0.2, 0) is 0 Å². The minimum absolute atomic E-state index is 0.565. The van der Waals surface area contributed by atoms with Gasteiger partial charge in [0.2, 0.25) is 0 Å². The summed E-state index contributed by atoms with van der Waals surface area (Å²) in [6, 6.07) is 0. The van der Waals surface area contributed by atoms with E-state index in [-0.39, 0.29) is 0 Å². The quantitative estimate of drug-likeness (QED) is 0.492. The van der Waals surface area contributed by atoms with Gasteiger partial charge in [-0.1, -0.05) is 26.0 Å². The zero-order chi connectivity index (χ0) is 9.30. The highest BCUT2D eigenvalue weighted by molar-refractivity contribution is 7.81. The Bertz CT molecular complexity index is 172. The molecule has 0 saturated heterocycles. The summed E-state index contributed by atoms with van der Waals surface area (Å²) in [6.45, 7) is 10.8. The van der Waals surface area contributed by atoms with E-state index >= 15 is 0 Å². The highest BCUT2D eigenvalue weighted by Crippen LogP contribution is 2.41. The van der Waals surface area contributed by atoms with Crippen molar-refractivity contribution >= 4 is 12.6 Å². The van der Waals surface area contributed by atoms with Crippen LogP contribution in [0.3, 0.4) is 0 Å². The Balaban J connectivity index is 2.56. The van der Waals surface area contributed by atoms with Gasteiger partial charge in [-0.05, 0) is 37.5 Å². The van der Waals surface area contributed by atoms with Crippen molar-refractivity contribution in [1.29, 1.82) is 0 Å². The second-order valence-electron chi connectivity index (χ2n) is 4.50. The number of hydrogen-bond acceptors (Lipinski definition) is 1. The smallest absolute Gasteiger partial charge is 0.00849 e. The largest absolute Gasteiger partial charge is 0.175 e. The Morgan fingerprint density at radius 2 is 2.00 bits per heavy atom. The van der Waals surface area contributed by atoms with Gasteiger partial charge in [0.05, 0.1) is 0 Å². The number of rotatable bonds is 2. The van der Waals surface area contributed by atoms with Gasteiger partial charge in [0, 0.05) is 5.25 Å². The number of hydrogen-bond donors (Lipinski definition) is 1. The van der Waals surface area contributed by atoms with Crippen LogP contribution >= 0.6 is 12.6 Å². The molecule has 1 aliphatic carbocycles. The fourth-order valence-electron chi connectivity index (χ4n) is 2.13. The van der Waals surface area contributed by atoms with Gasteiger partial charge in [0.15, 0.2) is 0 Å². The molecule has 0 aliphatic heterocycles. The first-order valence-electron chi connectivity index (χ1n) is 4.85. The van der Waals surface area contributed by atoms with Crippen molar-refractivity contribution in [3.63, 3.8) is 0 Å². The molecule has 0 amide bonds. The molecule has 1 saturated carbocycles. The van der Waals surface area contributed by atoms with Crippen LogP contribution in [0.1, 0.15) is 33.6 Å². The molecule has 70 valence electrons. The maximum absolute atomic E-state index is 4.62. The fraction of sp³-hybridized carbons (Fsp3) is 0.818. The molecule has 1 heteroatoms. The Kier molecular flexibility index (Phi) is 3.28. The first-order chi connectivity index (χ1) is 5.52. The lowest BCUT2D eigenvalue weighted by Gasteiger charge is -2.14. The van der Waals surface area contributed by atoms with E-state index in [0.717, 1.165) is 11.8 Å². The monoisotopic (exact) mass is 184 g/mol. The van der Waals surface area contributed by atoms with Gasteiger partial charge in [-0.15, -0.1) is 0 Å². The van der Waals surface area contributed by atoms with Gasteiger partial charge < -0.3 is 0 Å². The predicted octanol–water partition coefficient (Wildman–Crippen LogP) is 3.54. The number of thiol groups is 1. The fourth-order valence-corrected chi connectivity index (χ4v) is 2.77. The van der Waals surface area contributed by atoms with Crippen molar-refractivity contribution in [3.05, 3.63) is 12.2 Å². The van der Waals surface area contributed by atoms with Crippen molar-refractivity contribution in [2.24, 2.45) is 17.8 Å². The minimum atomic E-state index is 0.565. The maximum atomic E-state index is 4.62. The maximum Gasteiger partial charge on any atom is 0.00849 e. The van der Waals surface area contributed by atoms with Gasteiger partial charge in [-0.2, -0.15) is 12.6 Å². The third-order valence-electron chi connectivity index (χ3n) is 3.14. The van der Waals surface area contributed by atoms with Crippen LogP contribution in [-0.4, -0.2) is 5.25 Å². The summed E-state index contributed by atoms with van der Waals surface area (Å²) in [4.78, 5) is 0. The molecular formula is C11H20S. The molecule has 0 aromatic carbocycles. The lowest BCUT2D eigenvalue weighted by molar-refractivity contribution is 0.387.